The maximum Gasteiger partial charge on any atom is 0.344 e. The summed E-state index contributed by atoms with van der Waals surface area (Å²) in [7, 11) is 0. The molecule has 2 aromatic rings. The highest BCUT2D eigenvalue weighted by Gasteiger charge is 2.20. The first-order chi connectivity index (χ1) is 12.0. The lowest BCUT2D eigenvalue weighted by atomic mass is 10.2. The predicted molar refractivity (Wildman–Crippen MR) is 92.6 cm³/mol. The molecule has 1 fully saturated rings. The lowest BCUT2D eigenvalue weighted by molar-refractivity contribution is -0.113. The molecule has 0 unspecified atom stereocenters. The van der Waals surface area contributed by atoms with Crippen molar-refractivity contribution in [2.24, 2.45) is 0 Å². The van der Waals surface area contributed by atoms with Gasteiger partial charge in [0.15, 0.2) is 5.16 Å². The summed E-state index contributed by atoms with van der Waals surface area (Å²) in [6, 6.07) is 3.91. The van der Waals surface area contributed by atoms with Gasteiger partial charge in [-0.3, -0.25) is 9.36 Å². The van der Waals surface area contributed by atoms with E-state index in [2.05, 4.69) is 15.5 Å². The van der Waals surface area contributed by atoms with Crippen LogP contribution in [0.2, 0.25) is 5.02 Å². The van der Waals surface area contributed by atoms with E-state index in [-0.39, 0.29) is 23.2 Å². The number of halogens is 2. The third kappa shape index (κ3) is 4.62. The second-order valence-electron chi connectivity index (χ2n) is 5.52. The summed E-state index contributed by atoms with van der Waals surface area (Å²) in [5.41, 5.74) is -0.337. The van der Waals surface area contributed by atoms with Crippen molar-refractivity contribution in [1.82, 2.24) is 14.8 Å². The second-order valence-corrected chi connectivity index (χ2v) is 6.90. The van der Waals surface area contributed by atoms with Crippen LogP contribution in [0.3, 0.4) is 0 Å². The Morgan fingerprint density at radius 1 is 1.56 bits per heavy atom. The lowest BCUT2D eigenvalue weighted by Crippen LogP contribution is -2.25. The van der Waals surface area contributed by atoms with Crippen LogP contribution in [0, 0.1) is 5.82 Å². The molecule has 134 valence electrons. The molecule has 0 radical (unpaired) electrons. The van der Waals surface area contributed by atoms with Crippen molar-refractivity contribution in [2.75, 3.05) is 17.7 Å². The van der Waals surface area contributed by atoms with Gasteiger partial charge in [0.05, 0.1) is 24.1 Å². The highest BCUT2D eigenvalue weighted by atomic mass is 35.5. The normalized spacial score (nSPS) is 17.0. The van der Waals surface area contributed by atoms with Crippen LogP contribution in [0.25, 0.3) is 0 Å². The number of nitrogens with zero attached hydrogens (tertiary/aromatic N) is 2. The predicted octanol–water partition coefficient (Wildman–Crippen LogP) is 2.27. The molecule has 1 saturated heterocycles. The van der Waals surface area contributed by atoms with Crippen LogP contribution in [0.1, 0.15) is 12.8 Å². The SMILES string of the molecule is O=C(CSc1n[nH]c(=O)n1C[C@@H]1CCCO1)Nc1cc(Cl)ccc1F. The zero-order chi connectivity index (χ0) is 17.8. The van der Waals surface area contributed by atoms with Gasteiger partial charge in [0, 0.05) is 11.6 Å². The maximum atomic E-state index is 13.6. The molecule has 7 nitrogen and oxygen atoms in total. The first-order valence-corrected chi connectivity index (χ1v) is 9.04. The smallest absolute Gasteiger partial charge is 0.344 e. The number of benzene rings is 1. The minimum atomic E-state index is -0.571. The van der Waals surface area contributed by atoms with E-state index in [1.54, 1.807) is 0 Å². The van der Waals surface area contributed by atoms with Crippen molar-refractivity contribution in [3.05, 3.63) is 39.5 Å². The Bertz CT molecular complexity index is 819. The number of carbonyl (C=O) groups excluding carboxylic acids is 1. The van der Waals surface area contributed by atoms with Gasteiger partial charge in [0.1, 0.15) is 5.82 Å². The monoisotopic (exact) mass is 386 g/mol. The average Bonchev–Trinajstić information content (AvgIpc) is 3.21. The first kappa shape index (κ1) is 18.0. The van der Waals surface area contributed by atoms with Gasteiger partial charge in [0.25, 0.3) is 0 Å². The number of hydrogen-bond acceptors (Lipinski definition) is 5. The molecule has 1 aliphatic rings. The fourth-order valence-electron chi connectivity index (χ4n) is 2.48. The maximum absolute atomic E-state index is 13.6. The molecule has 2 N–H and O–H groups in total. The van der Waals surface area contributed by atoms with E-state index in [1.807, 2.05) is 0 Å². The summed E-state index contributed by atoms with van der Waals surface area (Å²) in [5.74, 6) is -1.02. The number of H-pyrrole nitrogens is 1. The fraction of sp³-hybridized carbons (Fsp3) is 0.400. The molecule has 0 bridgehead atoms. The molecule has 1 amide bonds. The van der Waals surface area contributed by atoms with Gasteiger partial charge in [-0.1, -0.05) is 23.4 Å². The number of rotatable bonds is 6. The number of ether oxygens (including phenoxy) is 1. The van der Waals surface area contributed by atoms with E-state index in [9.17, 15) is 14.0 Å². The minimum absolute atomic E-state index is 0.0110. The van der Waals surface area contributed by atoms with Crippen LogP contribution in [-0.4, -0.2) is 39.1 Å². The van der Waals surface area contributed by atoms with E-state index < -0.39 is 11.7 Å². The molecule has 1 aromatic heterocycles. The van der Waals surface area contributed by atoms with Gasteiger partial charge in [-0.05, 0) is 31.0 Å². The summed E-state index contributed by atoms with van der Waals surface area (Å²) in [4.78, 5) is 23.9. The molecule has 25 heavy (non-hydrogen) atoms. The zero-order valence-corrected chi connectivity index (χ0v) is 14.7. The van der Waals surface area contributed by atoms with Crippen molar-refractivity contribution in [1.29, 1.82) is 0 Å². The number of aromatic nitrogens is 3. The third-order valence-corrected chi connectivity index (χ3v) is 4.88. The summed E-state index contributed by atoms with van der Waals surface area (Å²) in [5, 5.41) is 9.46. The summed E-state index contributed by atoms with van der Waals surface area (Å²) in [6.07, 6.45) is 1.83. The quantitative estimate of drug-likeness (QED) is 0.743. The van der Waals surface area contributed by atoms with Crippen molar-refractivity contribution >= 4 is 35.0 Å². The average molecular weight is 387 g/mol. The van der Waals surface area contributed by atoms with Crippen molar-refractivity contribution in [3.8, 4) is 0 Å². The largest absolute Gasteiger partial charge is 0.376 e. The Morgan fingerprint density at radius 3 is 3.16 bits per heavy atom. The van der Waals surface area contributed by atoms with E-state index in [1.165, 1.54) is 22.8 Å². The lowest BCUT2D eigenvalue weighted by Gasteiger charge is -2.11. The molecule has 1 aromatic carbocycles. The molecule has 10 heteroatoms. The van der Waals surface area contributed by atoms with Crippen molar-refractivity contribution < 1.29 is 13.9 Å². The van der Waals surface area contributed by atoms with E-state index in [0.29, 0.717) is 23.3 Å². The molecule has 0 spiro atoms. The number of thioether (sulfide) groups is 1. The topological polar surface area (TPSA) is 89.0 Å². The number of anilines is 1. The van der Waals surface area contributed by atoms with Crippen LogP contribution in [0.15, 0.2) is 28.2 Å². The number of hydrogen-bond donors (Lipinski definition) is 2. The Balaban J connectivity index is 1.60. The van der Waals surface area contributed by atoms with E-state index in [0.717, 1.165) is 24.6 Å². The molecular weight excluding hydrogens is 371 g/mol. The van der Waals surface area contributed by atoms with Crippen molar-refractivity contribution in [2.45, 2.75) is 30.6 Å². The minimum Gasteiger partial charge on any atom is -0.376 e. The van der Waals surface area contributed by atoms with Gasteiger partial charge in [-0.2, -0.15) is 0 Å². The molecule has 3 rings (SSSR count). The van der Waals surface area contributed by atoms with Crippen molar-refractivity contribution in [3.63, 3.8) is 0 Å². The number of aromatic amines is 1. The Morgan fingerprint density at radius 2 is 2.40 bits per heavy atom. The summed E-state index contributed by atoms with van der Waals surface area (Å²) < 4.78 is 20.6. The molecule has 1 aliphatic heterocycles. The fourth-order valence-corrected chi connectivity index (χ4v) is 3.40. The Hall–Kier alpha value is -1.84. The standard InChI is InChI=1S/C15H16ClFN4O3S/c16-9-3-4-11(17)12(6-9)18-13(22)8-25-15-20-19-14(23)21(15)7-10-2-1-5-24-10/h3-4,6,10H,1-2,5,7-8H2,(H,18,22)(H,19,23)/t10-/m0/s1. The molecule has 2 heterocycles. The first-order valence-electron chi connectivity index (χ1n) is 7.67. The highest BCUT2D eigenvalue weighted by molar-refractivity contribution is 7.99. The van der Waals surface area contributed by atoms with Gasteiger partial charge in [-0.25, -0.2) is 14.3 Å². The van der Waals surface area contributed by atoms with Gasteiger partial charge < -0.3 is 10.1 Å². The van der Waals surface area contributed by atoms with Crippen LogP contribution >= 0.6 is 23.4 Å². The number of nitrogens with one attached hydrogen (secondary N) is 2. The Kier molecular flexibility index (Phi) is 5.77. The number of amides is 1. The van der Waals surface area contributed by atoms with Gasteiger partial charge in [-0.15, -0.1) is 5.10 Å². The Labute approximate surface area is 151 Å². The van der Waals surface area contributed by atoms with E-state index in [4.69, 9.17) is 16.3 Å². The molecule has 0 aliphatic carbocycles. The van der Waals surface area contributed by atoms with Crippen LogP contribution < -0.4 is 11.0 Å². The van der Waals surface area contributed by atoms with E-state index >= 15 is 0 Å². The van der Waals surface area contributed by atoms with Crippen LogP contribution in [-0.2, 0) is 16.1 Å². The second kappa shape index (κ2) is 8.03. The van der Waals surface area contributed by atoms with Gasteiger partial charge >= 0.3 is 5.69 Å². The third-order valence-electron chi connectivity index (χ3n) is 3.67. The highest BCUT2D eigenvalue weighted by Crippen LogP contribution is 2.21. The van der Waals surface area contributed by atoms with Gasteiger partial charge in [0.2, 0.25) is 5.91 Å². The molecule has 0 saturated carbocycles. The summed E-state index contributed by atoms with van der Waals surface area (Å²) in [6.45, 7) is 1.08. The van der Waals surface area contributed by atoms with Crippen LogP contribution in [0.4, 0.5) is 10.1 Å². The zero-order valence-electron chi connectivity index (χ0n) is 13.1. The summed E-state index contributed by atoms with van der Waals surface area (Å²) >= 11 is 6.88. The number of carbonyl (C=O) groups is 1. The molecular formula is C15H16ClFN4O3S. The molecule has 1 atom stereocenters. The van der Waals surface area contributed by atoms with Crippen LogP contribution in [0.5, 0.6) is 0 Å².